The predicted molar refractivity (Wildman–Crippen MR) is 144 cm³/mol. The number of nitrogens with zero attached hydrogens (tertiary/aromatic N) is 6. The standard InChI is InChI=1S/C26H18ClN7O2S/c1-34-23-17(13-30-34)14(7-8-19(23)27)20-9-10-21-25(31-20)37-26(32-21)33-24(35)18-12-29-28-11-16(18)15-5-3-4-6-22(15)36-2/h3-13H,1-2H3,(H,32,33,35). The van der Waals surface area contributed by atoms with Crippen molar-refractivity contribution in [2.75, 3.05) is 12.4 Å². The van der Waals surface area contributed by atoms with Gasteiger partial charge in [0.05, 0.1) is 47.5 Å². The maximum absolute atomic E-state index is 13.3. The highest BCUT2D eigenvalue weighted by Gasteiger charge is 2.19. The van der Waals surface area contributed by atoms with Crippen LogP contribution in [0.15, 0.2) is 67.1 Å². The molecule has 0 radical (unpaired) electrons. The number of carbonyl (C=O) groups excluding carboxylic acids is 1. The second kappa shape index (κ2) is 9.23. The lowest BCUT2D eigenvalue weighted by atomic mass is 10.0. The molecule has 9 nitrogen and oxygen atoms in total. The molecule has 0 unspecified atom stereocenters. The monoisotopic (exact) mass is 527 g/mol. The van der Waals surface area contributed by atoms with Crippen molar-refractivity contribution in [2.45, 2.75) is 0 Å². The quantitative estimate of drug-likeness (QED) is 0.310. The summed E-state index contributed by atoms with van der Waals surface area (Å²) in [7, 11) is 3.43. The highest BCUT2D eigenvalue weighted by molar-refractivity contribution is 7.22. The minimum atomic E-state index is -0.357. The first-order valence-corrected chi connectivity index (χ1v) is 12.4. The maximum Gasteiger partial charge on any atom is 0.259 e. The van der Waals surface area contributed by atoms with E-state index in [-0.39, 0.29) is 5.91 Å². The fraction of sp³-hybridized carbons (Fsp3) is 0.0769. The number of pyridine rings is 1. The highest BCUT2D eigenvalue weighted by Crippen LogP contribution is 2.35. The van der Waals surface area contributed by atoms with E-state index in [0.717, 1.165) is 27.7 Å². The molecular formula is C26H18ClN7O2S. The van der Waals surface area contributed by atoms with Crippen molar-refractivity contribution in [1.29, 1.82) is 0 Å². The number of benzene rings is 2. The number of anilines is 1. The van der Waals surface area contributed by atoms with Crippen LogP contribution in [0.2, 0.25) is 5.02 Å². The van der Waals surface area contributed by atoms with E-state index in [1.165, 1.54) is 17.5 Å². The van der Waals surface area contributed by atoms with Crippen molar-refractivity contribution in [3.05, 3.63) is 77.7 Å². The van der Waals surface area contributed by atoms with Gasteiger partial charge in [0.1, 0.15) is 16.1 Å². The number of aryl methyl sites for hydroxylation is 1. The Morgan fingerprint density at radius 1 is 0.973 bits per heavy atom. The summed E-state index contributed by atoms with van der Waals surface area (Å²) in [6, 6.07) is 15.0. The smallest absolute Gasteiger partial charge is 0.259 e. The minimum absolute atomic E-state index is 0.354. The lowest BCUT2D eigenvalue weighted by molar-refractivity contribution is 0.102. The van der Waals surface area contributed by atoms with E-state index in [1.807, 2.05) is 55.6 Å². The topological polar surface area (TPSA) is 108 Å². The zero-order valence-corrected chi connectivity index (χ0v) is 21.2. The lowest BCUT2D eigenvalue weighted by Crippen LogP contribution is -2.14. The summed E-state index contributed by atoms with van der Waals surface area (Å²) >= 11 is 7.67. The molecular weight excluding hydrogens is 510 g/mol. The predicted octanol–water partition coefficient (Wildman–Crippen LogP) is 5.62. The van der Waals surface area contributed by atoms with Gasteiger partial charge in [-0.1, -0.05) is 47.2 Å². The molecule has 0 bridgehead atoms. The van der Waals surface area contributed by atoms with E-state index < -0.39 is 0 Å². The van der Waals surface area contributed by atoms with Gasteiger partial charge in [-0.2, -0.15) is 15.3 Å². The summed E-state index contributed by atoms with van der Waals surface area (Å²) in [5, 5.41) is 17.1. The van der Waals surface area contributed by atoms with Gasteiger partial charge in [-0.3, -0.25) is 14.8 Å². The number of thiazole rings is 1. The molecule has 2 aromatic carbocycles. The second-order valence-electron chi connectivity index (χ2n) is 8.14. The Hall–Kier alpha value is -4.41. The summed E-state index contributed by atoms with van der Waals surface area (Å²) in [4.78, 5) is 23.3. The average molecular weight is 528 g/mol. The third-order valence-electron chi connectivity index (χ3n) is 5.98. The number of amides is 1. The molecule has 1 amide bonds. The zero-order chi connectivity index (χ0) is 25.5. The second-order valence-corrected chi connectivity index (χ2v) is 9.52. The minimum Gasteiger partial charge on any atom is -0.496 e. The van der Waals surface area contributed by atoms with Gasteiger partial charge in [-0.15, -0.1) is 0 Å². The molecule has 0 saturated carbocycles. The van der Waals surface area contributed by atoms with Gasteiger partial charge in [0.2, 0.25) is 0 Å². The summed E-state index contributed by atoms with van der Waals surface area (Å²) < 4.78 is 7.21. The Kier molecular flexibility index (Phi) is 5.74. The van der Waals surface area contributed by atoms with Gasteiger partial charge in [-0.05, 0) is 24.3 Å². The molecule has 37 heavy (non-hydrogen) atoms. The number of hydrogen-bond donors (Lipinski definition) is 1. The Morgan fingerprint density at radius 2 is 1.81 bits per heavy atom. The van der Waals surface area contributed by atoms with Crippen molar-refractivity contribution in [1.82, 2.24) is 29.9 Å². The first-order chi connectivity index (χ1) is 18.0. The number of ether oxygens (including phenoxy) is 1. The molecule has 0 saturated heterocycles. The molecule has 182 valence electrons. The van der Waals surface area contributed by atoms with Crippen molar-refractivity contribution < 1.29 is 9.53 Å². The Labute approximate surface area is 219 Å². The van der Waals surface area contributed by atoms with Gasteiger partial charge >= 0.3 is 0 Å². The first kappa shape index (κ1) is 23.0. The Balaban J connectivity index is 1.34. The van der Waals surface area contributed by atoms with Gasteiger partial charge in [0.25, 0.3) is 5.91 Å². The SMILES string of the molecule is COc1ccccc1-c1cnncc1C(=O)Nc1nc2ccc(-c3ccc(Cl)c4c3cnn4C)nc2s1. The van der Waals surface area contributed by atoms with Crippen LogP contribution in [0.1, 0.15) is 10.4 Å². The van der Waals surface area contributed by atoms with Crippen LogP contribution in [-0.2, 0) is 7.05 Å². The molecule has 0 aliphatic rings. The first-order valence-electron chi connectivity index (χ1n) is 11.2. The number of carbonyl (C=O) groups is 1. The van der Waals surface area contributed by atoms with Crippen LogP contribution < -0.4 is 10.1 Å². The van der Waals surface area contributed by atoms with Crippen LogP contribution in [-0.4, -0.2) is 43.0 Å². The summed E-state index contributed by atoms with van der Waals surface area (Å²) in [5.74, 6) is 0.274. The molecule has 0 fully saturated rings. The summed E-state index contributed by atoms with van der Waals surface area (Å²) in [6.45, 7) is 0. The van der Waals surface area contributed by atoms with Crippen LogP contribution in [0.25, 0.3) is 43.6 Å². The molecule has 4 aromatic heterocycles. The average Bonchev–Trinajstić information content (AvgIpc) is 3.51. The molecule has 6 rings (SSSR count). The molecule has 1 N–H and O–H groups in total. The van der Waals surface area contributed by atoms with Crippen LogP contribution in [0, 0.1) is 0 Å². The van der Waals surface area contributed by atoms with Crippen molar-refractivity contribution in [3.63, 3.8) is 0 Å². The number of nitrogens with one attached hydrogen (secondary N) is 1. The zero-order valence-electron chi connectivity index (χ0n) is 19.6. The Morgan fingerprint density at radius 3 is 2.68 bits per heavy atom. The fourth-order valence-electron chi connectivity index (χ4n) is 4.24. The van der Waals surface area contributed by atoms with Gasteiger partial charge < -0.3 is 4.74 Å². The van der Waals surface area contributed by atoms with E-state index in [1.54, 1.807) is 24.2 Å². The van der Waals surface area contributed by atoms with Gasteiger partial charge in [0, 0.05) is 29.1 Å². The Bertz CT molecular complexity index is 1810. The number of halogens is 1. The number of para-hydroxylation sites is 1. The largest absolute Gasteiger partial charge is 0.496 e. The number of hydrogen-bond acceptors (Lipinski definition) is 8. The van der Waals surface area contributed by atoms with Gasteiger partial charge in [-0.25, -0.2) is 9.97 Å². The van der Waals surface area contributed by atoms with Gasteiger partial charge in [0.15, 0.2) is 5.13 Å². The van der Waals surface area contributed by atoms with E-state index >= 15 is 0 Å². The number of fused-ring (bicyclic) bond motifs is 2. The van der Waals surface area contributed by atoms with E-state index in [2.05, 4.69) is 25.6 Å². The van der Waals surface area contributed by atoms with Crippen LogP contribution in [0.3, 0.4) is 0 Å². The third-order valence-corrected chi connectivity index (χ3v) is 7.16. The summed E-state index contributed by atoms with van der Waals surface area (Å²) in [5.41, 5.74) is 4.90. The number of aromatic nitrogens is 6. The normalized spacial score (nSPS) is 11.2. The van der Waals surface area contributed by atoms with Crippen LogP contribution in [0.5, 0.6) is 5.75 Å². The number of methoxy groups -OCH3 is 1. The summed E-state index contributed by atoms with van der Waals surface area (Å²) in [6.07, 6.45) is 4.76. The molecule has 11 heteroatoms. The van der Waals surface area contributed by atoms with Crippen molar-refractivity contribution >= 4 is 55.2 Å². The molecule has 6 aromatic rings. The van der Waals surface area contributed by atoms with E-state index in [4.69, 9.17) is 21.3 Å². The lowest BCUT2D eigenvalue weighted by Gasteiger charge is -2.11. The van der Waals surface area contributed by atoms with E-state index in [0.29, 0.717) is 37.4 Å². The van der Waals surface area contributed by atoms with Crippen molar-refractivity contribution in [3.8, 4) is 28.1 Å². The van der Waals surface area contributed by atoms with E-state index in [9.17, 15) is 4.79 Å². The number of rotatable bonds is 5. The molecule has 0 aliphatic heterocycles. The molecule has 0 atom stereocenters. The van der Waals surface area contributed by atoms with Crippen molar-refractivity contribution in [2.24, 2.45) is 7.05 Å². The van der Waals surface area contributed by atoms with Crippen LogP contribution >= 0.6 is 22.9 Å². The van der Waals surface area contributed by atoms with Crippen LogP contribution in [0.4, 0.5) is 5.13 Å². The fourth-order valence-corrected chi connectivity index (χ4v) is 5.36. The molecule has 0 aliphatic carbocycles. The highest BCUT2D eigenvalue weighted by atomic mass is 35.5. The molecule has 4 heterocycles. The third kappa shape index (κ3) is 4.05. The molecule has 0 spiro atoms. The maximum atomic E-state index is 13.3.